The lowest BCUT2D eigenvalue weighted by molar-refractivity contribution is -0.273. The highest BCUT2D eigenvalue weighted by Gasteiger charge is 2.58. The minimum Gasteiger partial charge on any atom is -0.375 e. The third-order valence-electron chi connectivity index (χ3n) is 3.27. The highest BCUT2D eigenvalue weighted by Crippen LogP contribution is 2.44. The molecule has 1 aromatic rings. The van der Waals surface area contributed by atoms with Gasteiger partial charge < -0.3 is 15.3 Å². The summed E-state index contributed by atoms with van der Waals surface area (Å²) < 4.78 is 52.6. The van der Waals surface area contributed by atoms with Crippen molar-refractivity contribution in [1.82, 2.24) is 10.2 Å². The van der Waals surface area contributed by atoms with Crippen molar-refractivity contribution in [2.45, 2.75) is 18.3 Å². The summed E-state index contributed by atoms with van der Waals surface area (Å²) in [6.45, 7) is -1.11. The molecule has 0 radical (unpaired) electrons. The van der Waals surface area contributed by atoms with Crippen LogP contribution in [-0.4, -0.2) is 35.8 Å². The highest BCUT2D eigenvalue weighted by molar-refractivity contribution is 5.74. The van der Waals surface area contributed by atoms with E-state index in [4.69, 9.17) is 0 Å². The molecule has 2 rings (SSSR count). The number of β-amino-alcohol motifs (C(OH)–C–C–N with tert-alkyl or cyclic N) is 1. The van der Waals surface area contributed by atoms with Crippen molar-refractivity contribution in [3.05, 3.63) is 35.1 Å². The Morgan fingerprint density at radius 2 is 2.10 bits per heavy atom. The predicted octanol–water partition coefficient (Wildman–Crippen LogP) is 1.73. The smallest absolute Gasteiger partial charge is 0.375 e. The van der Waals surface area contributed by atoms with Gasteiger partial charge in [-0.05, 0) is 17.7 Å². The van der Waals surface area contributed by atoms with Crippen molar-refractivity contribution in [3.63, 3.8) is 0 Å². The Kier molecular flexibility index (Phi) is 3.37. The Labute approximate surface area is 112 Å². The molecular formula is C12H12F4N2O2. The van der Waals surface area contributed by atoms with Crippen LogP contribution in [0.1, 0.15) is 11.1 Å². The van der Waals surface area contributed by atoms with Crippen molar-refractivity contribution in [2.24, 2.45) is 0 Å². The SMILES string of the molecule is CNC(=O)N1Cc2ccc(F)cc2[C@@](O)(C(F)(F)F)C1. The lowest BCUT2D eigenvalue weighted by Gasteiger charge is -2.41. The molecule has 0 unspecified atom stereocenters. The molecule has 2 N–H and O–H groups in total. The number of nitrogens with one attached hydrogen (secondary N) is 1. The molecule has 110 valence electrons. The zero-order valence-electron chi connectivity index (χ0n) is 10.5. The van der Waals surface area contributed by atoms with Gasteiger partial charge in [0.25, 0.3) is 0 Å². The Bertz CT molecular complexity index is 547. The largest absolute Gasteiger partial charge is 0.423 e. The van der Waals surface area contributed by atoms with Crippen LogP contribution in [0.5, 0.6) is 0 Å². The zero-order chi connectivity index (χ0) is 15.1. The highest BCUT2D eigenvalue weighted by atomic mass is 19.4. The molecule has 0 saturated heterocycles. The molecule has 4 nitrogen and oxygen atoms in total. The molecule has 8 heteroatoms. The van der Waals surface area contributed by atoms with E-state index in [1.54, 1.807) is 0 Å². The fourth-order valence-corrected chi connectivity index (χ4v) is 2.24. The summed E-state index contributed by atoms with van der Waals surface area (Å²) in [5, 5.41) is 12.2. The molecule has 1 aromatic carbocycles. The maximum absolute atomic E-state index is 13.2. The molecule has 0 saturated carbocycles. The molecule has 1 heterocycles. The number of rotatable bonds is 0. The van der Waals surface area contributed by atoms with Gasteiger partial charge in [-0.25, -0.2) is 9.18 Å². The van der Waals surface area contributed by atoms with E-state index >= 15 is 0 Å². The number of hydrogen-bond donors (Lipinski definition) is 2. The summed E-state index contributed by atoms with van der Waals surface area (Å²) in [5.74, 6) is -0.875. The van der Waals surface area contributed by atoms with Crippen LogP contribution in [0.2, 0.25) is 0 Å². The van der Waals surface area contributed by atoms with E-state index in [-0.39, 0.29) is 12.1 Å². The first-order valence-corrected chi connectivity index (χ1v) is 5.73. The normalized spacial score (nSPS) is 22.4. The first kappa shape index (κ1) is 14.6. The summed E-state index contributed by atoms with van der Waals surface area (Å²) in [7, 11) is 1.27. The van der Waals surface area contributed by atoms with Crippen molar-refractivity contribution in [1.29, 1.82) is 0 Å². The van der Waals surface area contributed by atoms with Gasteiger partial charge in [0.1, 0.15) is 5.82 Å². The topological polar surface area (TPSA) is 52.6 Å². The maximum atomic E-state index is 13.2. The monoisotopic (exact) mass is 292 g/mol. The number of amides is 2. The Balaban J connectivity index is 2.56. The fraction of sp³-hybridized carbons (Fsp3) is 0.417. The minimum atomic E-state index is -5.03. The summed E-state index contributed by atoms with van der Waals surface area (Å²) in [6, 6.07) is 2.03. The van der Waals surface area contributed by atoms with E-state index in [9.17, 15) is 27.5 Å². The first-order valence-electron chi connectivity index (χ1n) is 5.73. The van der Waals surface area contributed by atoms with Crippen LogP contribution in [0.4, 0.5) is 22.4 Å². The van der Waals surface area contributed by atoms with Crippen LogP contribution in [-0.2, 0) is 12.1 Å². The first-order chi connectivity index (χ1) is 9.19. The van der Waals surface area contributed by atoms with E-state index in [1.807, 2.05) is 0 Å². The van der Waals surface area contributed by atoms with Crippen molar-refractivity contribution < 1.29 is 27.5 Å². The van der Waals surface area contributed by atoms with E-state index in [0.717, 1.165) is 17.0 Å². The zero-order valence-corrected chi connectivity index (χ0v) is 10.5. The number of urea groups is 1. The second-order valence-electron chi connectivity index (χ2n) is 4.57. The van der Waals surface area contributed by atoms with Gasteiger partial charge in [-0.3, -0.25) is 0 Å². The molecule has 1 aliphatic rings. The molecule has 2 amide bonds. The van der Waals surface area contributed by atoms with Crippen LogP contribution in [0.3, 0.4) is 0 Å². The standard InChI is InChI=1S/C12H12F4N2O2/c1-17-10(19)18-5-7-2-3-8(13)4-9(7)11(20,6-18)12(14,15)16/h2-4,20H,5-6H2,1H3,(H,17,19)/t11-/m1/s1. The molecule has 20 heavy (non-hydrogen) atoms. The Morgan fingerprint density at radius 3 is 2.65 bits per heavy atom. The molecule has 1 atom stereocenters. The van der Waals surface area contributed by atoms with Gasteiger partial charge in [0.2, 0.25) is 5.60 Å². The summed E-state index contributed by atoms with van der Waals surface area (Å²) in [4.78, 5) is 12.3. The van der Waals surface area contributed by atoms with Crippen LogP contribution in [0, 0.1) is 5.82 Å². The van der Waals surface area contributed by atoms with Gasteiger partial charge in [-0.1, -0.05) is 6.07 Å². The number of nitrogens with zero attached hydrogens (tertiary/aromatic N) is 1. The number of aliphatic hydroxyl groups is 1. The van der Waals surface area contributed by atoms with Gasteiger partial charge in [-0.2, -0.15) is 13.2 Å². The molecule has 1 aliphatic heterocycles. The average Bonchev–Trinajstić information content (AvgIpc) is 2.37. The second kappa shape index (κ2) is 4.62. The van der Waals surface area contributed by atoms with Gasteiger partial charge >= 0.3 is 12.2 Å². The van der Waals surface area contributed by atoms with E-state index in [1.165, 1.54) is 7.05 Å². The van der Waals surface area contributed by atoms with Gasteiger partial charge in [0, 0.05) is 19.2 Å². The number of carbonyl (C=O) groups excluding carboxylic acids is 1. The average molecular weight is 292 g/mol. The summed E-state index contributed by atoms with van der Waals surface area (Å²) in [6.07, 6.45) is -5.03. The number of alkyl halides is 3. The van der Waals surface area contributed by atoms with Crippen molar-refractivity contribution >= 4 is 6.03 Å². The minimum absolute atomic E-state index is 0.0566. The van der Waals surface area contributed by atoms with Gasteiger partial charge in [-0.15, -0.1) is 0 Å². The number of hydrogen-bond acceptors (Lipinski definition) is 2. The van der Waals surface area contributed by atoms with Crippen LogP contribution < -0.4 is 5.32 Å². The summed E-state index contributed by atoms with van der Waals surface area (Å²) >= 11 is 0. The maximum Gasteiger partial charge on any atom is 0.423 e. The Morgan fingerprint density at radius 1 is 1.45 bits per heavy atom. The second-order valence-corrected chi connectivity index (χ2v) is 4.57. The van der Waals surface area contributed by atoms with Crippen LogP contribution in [0.15, 0.2) is 18.2 Å². The van der Waals surface area contributed by atoms with E-state index in [0.29, 0.717) is 6.07 Å². The Hall–Kier alpha value is -1.83. The van der Waals surface area contributed by atoms with Gasteiger partial charge in [0.15, 0.2) is 0 Å². The molecule has 0 aromatic heterocycles. The van der Waals surface area contributed by atoms with Crippen LogP contribution >= 0.6 is 0 Å². The molecule has 0 spiro atoms. The molecule has 0 aliphatic carbocycles. The fourth-order valence-electron chi connectivity index (χ4n) is 2.24. The predicted molar refractivity (Wildman–Crippen MR) is 61.2 cm³/mol. The van der Waals surface area contributed by atoms with E-state index in [2.05, 4.69) is 5.32 Å². The van der Waals surface area contributed by atoms with Crippen LogP contribution in [0.25, 0.3) is 0 Å². The quantitative estimate of drug-likeness (QED) is 0.716. The number of halogens is 4. The number of benzene rings is 1. The molecule has 0 bridgehead atoms. The van der Waals surface area contributed by atoms with Gasteiger partial charge in [0.05, 0.1) is 6.54 Å². The van der Waals surface area contributed by atoms with E-state index < -0.39 is 35.7 Å². The third-order valence-corrected chi connectivity index (χ3v) is 3.27. The number of fused-ring (bicyclic) bond motifs is 1. The summed E-state index contributed by atoms with van der Waals surface area (Å²) in [5.41, 5.74) is -3.78. The third kappa shape index (κ3) is 2.20. The van der Waals surface area contributed by atoms with Crippen molar-refractivity contribution in [2.75, 3.05) is 13.6 Å². The molecule has 0 fully saturated rings. The molecular weight excluding hydrogens is 280 g/mol. The lowest BCUT2D eigenvalue weighted by atomic mass is 9.85. The van der Waals surface area contributed by atoms with Crippen molar-refractivity contribution in [3.8, 4) is 0 Å². The number of carbonyl (C=O) groups is 1. The lowest BCUT2D eigenvalue weighted by Crippen LogP contribution is -2.57.